The number of benzene rings is 1. The Morgan fingerprint density at radius 3 is 2.86 bits per heavy atom. The molecule has 1 aromatic heterocycles. The summed E-state index contributed by atoms with van der Waals surface area (Å²) in [5.41, 5.74) is 2.00. The van der Waals surface area contributed by atoms with Crippen LogP contribution in [0.5, 0.6) is 0 Å². The number of amides is 1. The topological polar surface area (TPSA) is 54.0 Å². The Kier molecular flexibility index (Phi) is 6.42. The molecule has 1 fully saturated rings. The van der Waals surface area contributed by atoms with Gasteiger partial charge in [-0.1, -0.05) is 44.5 Å². The van der Waals surface area contributed by atoms with Gasteiger partial charge in [0.15, 0.2) is 0 Å². The predicted molar refractivity (Wildman–Crippen MR) is 114 cm³/mol. The van der Waals surface area contributed by atoms with Crippen molar-refractivity contribution in [3.63, 3.8) is 0 Å². The lowest BCUT2D eigenvalue weighted by molar-refractivity contribution is -0.105. The summed E-state index contributed by atoms with van der Waals surface area (Å²) in [6.07, 6.45) is 3.08. The van der Waals surface area contributed by atoms with Crippen molar-refractivity contribution in [2.75, 3.05) is 11.9 Å². The zero-order valence-electron chi connectivity index (χ0n) is 16.1. The van der Waals surface area contributed by atoms with Crippen LogP contribution < -0.4 is 10.6 Å². The standard InChI is InChI=1S/C21H24BrClFN3O/c1-21(2,3)8-17-18(20-16(27-11-28)7-12(23)9-26-20)14(10-25-17)13-5-4-6-15(22)19(13)24/h4-7,9,11,14,17-18,25H,8,10H2,1-3H3,(H,27,28)/t14?,17-,18?/m0/s1. The first kappa shape index (κ1) is 21.2. The molecule has 150 valence electrons. The van der Waals surface area contributed by atoms with Crippen molar-refractivity contribution in [3.8, 4) is 0 Å². The van der Waals surface area contributed by atoms with E-state index in [1.54, 1.807) is 18.3 Å². The lowest BCUT2D eigenvalue weighted by atomic mass is 9.76. The zero-order valence-corrected chi connectivity index (χ0v) is 18.4. The number of carbonyl (C=O) groups is 1. The third-order valence-electron chi connectivity index (χ3n) is 5.10. The minimum atomic E-state index is -0.255. The van der Waals surface area contributed by atoms with Crippen LogP contribution in [0.15, 0.2) is 34.9 Å². The molecular formula is C21H24BrClFN3O. The lowest BCUT2D eigenvalue weighted by Gasteiger charge is -2.30. The van der Waals surface area contributed by atoms with Crippen LogP contribution in [0.2, 0.25) is 5.02 Å². The number of halogens is 3. The van der Waals surface area contributed by atoms with E-state index in [1.165, 1.54) is 0 Å². The van der Waals surface area contributed by atoms with Crippen LogP contribution in [0, 0.1) is 11.2 Å². The molecule has 0 saturated carbocycles. The molecule has 2 heterocycles. The fourth-order valence-corrected chi connectivity index (χ4v) is 4.60. The van der Waals surface area contributed by atoms with Crippen molar-refractivity contribution in [2.24, 2.45) is 5.41 Å². The number of rotatable bonds is 5. The van der Waals surface area contributed by atoms with Crippen LogP contribution in [-0.4, -0.2) is 24.0 Å². The molecule has 1 amide bonds. The summed E-state index contributed by atoms with van der Waals surface area (Å²) in [5.74, 6) is -0.483. The van der Waals surface area contributed by atoms with E-state index in [4.69, 9.17) is 11.6 Å². The Bertz CT molecular complexity index is 871. The van der Waals surface area contributed by atoms with Gasteiger partial charge in [-0.15, -0.1) is 0 Å². The monoisotopic (exact) mass is 467 g/mol. The highest BCUT2D eigenvalue weighted by atomic mass is 79.9. The van der Waals surface area contributed by atoms with Crippen LogP contribution >= 0.6 is 27.5 Å². The van der Waals surface area contributed by atoms with Gasteiger partial charge in [-0.3, -0.25) is 9.78 Å². The lowest BCUT2D eigenvalue weighted by Crippen LogP contribution is -2.31. The molecule has 3 rings (SSSR count). The quantitative estimate of drug-likeness (QED) is 0.571. The van der Waals surface area contributed by atoms with Crippen molar-refractivity contribution >= 4 is 39.6 Å². The second kappa shape index (κ2) is 8.47. The Morgan fingerprint density at radius 2 is 2.18 bits per heavy atom. The number of hydrogen-bond donors (Lipinski definition) is 2. The normalized spacial score (nSPS) is 22.3. The van der Waals surface area contributed by atoms with Crippen molar-refractivity contribution in [1.82, 2.24) is 10.3 Å². The molecule has 7 heteroatoms. The number of pyridine rings is 1. The van der Waals surface area contributed by atoms with Crippen molar-refractivity contribution in [2.45, 2.75) is 45.1 Å². The maximum absolute atomic E-state index is 14.9. The molecule has 28 heavy (non-hydrogen) atoms. The Hall–Kier alpha value is -1.50. The zero-order chi connectivity index (χ0) is 20.5. The van der Waals surface area contributed by atoms with E-state index >= 15 is 0 Å². The van der Waals surface area contributed by atoms with E-state index in [9.17, 15) is 9.18 Å². The van der Waals surface area contributed by atoms with Crippen LogP contribution in [0.4, 0.5) is 10.1 Å². The molecule has 4 nitrogen and oxygen atoms in total. The molecule has 0 radical (unpaired) electrons. The van der Waals surface area contributed by atoms with Crippen molar-refractivity contribution in [3.05, 3.63) is 57.0 Å². The van der Waals surface area contributed by atoms with Crippen molar-refractivity contribution in [1.29, 1.82) is 0 Å². The minimum absolute atomic E-state index is 0.0747. The third-order valence-corrected chi connectivity index (χ3v) is 5.91. The van der Waals surface area contributed by atoms with Crippen LogP contribution in [-0.2, 0) is 4.79 Å². The first-order valence-corrected chi connectivity index (χ1v) is 10.4. The molecule has 1 saturated heterocycles. The van der Waals surface area contributed by atoms with E-state index < -0.39 is 0 Å². The summed E-state index contributed by atoms with van der Waals surface area (Å²) in [7, 11) is 0. The van der Waals surface area contributed by atoms with Crippen molar-refractivity contribution < 1.29 is 9.18 Å². The highest BCUT2D eigenvalue weighted by molar-refractivity contribution is 9.10. The van der Waals surface area contributed by atoms with E-state index in [1.807, 2.05) is 12.1 Å². The van der Waals surface area contributed by atoms with Crippen LogP contribution in [0.1, 0.15) is 50.3 Å². The summed E-state index contributed by atoms with van der Waals surface area (Å²) >= 11 is 9.40. The molecule has 1 aliphatic heterocycles. The third kappa shape index (κ3) is 4.56. The molecule has 1 aromatic carbocycles. The Balaban J connectivity index is 2.11. The Morgan fingerprint density at radius 1 is 1.43 bits per heavy atom. The maximum Gasteiger partial charge on any atom is 0.211 e. The Labute approximate surface area is 178 Å². The fraction of sp³-hybridized carbons (Fsp3) is 0.429. The van der Waals surface area contributed by atoms with Crippen LogP contribution in [0.3, 0.4) is 0 Å². The van der Waals surface area contributed by atoms with Gasteiger partial charge < -0.3 is 10.6 Å². The molecule has 0 aliphatic carbocycles. The van der Waals surface area contributed by atoms with Gasteiger partial charge in [0, 0.05) is 30.6 Å². The molecule has 0 spiro atoms. The van der Waals surface area contributed by atoms with Gasteiger partial charge in [0.25, 0.3) is 0 Å². The largest absolute Gasteiger partial charge is 0.327 e. The second-order valence-electron chi connectivity index (χ2n) is 8.40. The molecule has 2 N–H and O–H groups in total. The number of nitrogens with zero attached hydrogens (tertiary/aromatic N) is 1. The smallest absolute Gasteiger partial charge is 0.211 e. The summed E-state index contributed by atoms with van der Waals surface area (Å²) in [4.78, 5) is 15.7. The van der Waals surface area contributed by atoms with Gasteiger partial charge in [-0.2, -0.15) is 0 Å². The van der Waals surface area contributed by atoms with Gasteiger partial charge in [0.05, 0.1) is 20.9 Å². The number of carbonyl (C=O) groups excluding carboxylic acids is 1. The summed E-state index contributed by atoms with van der Waals surface area (Å²) in [6.45, 7) is 7.17. The summed E-state index contributed by atoms with van der Waals surface area (Å²) < 4.78 is 15.4. The SMILES string of the molecule is CC(C)(C)C[C@@H]1NCC(c2cccc(Br)c2F)C1c1ncc(Cl)cc1NC=O. The van der Waals surface area contributed by atoms with Gasteiger partial charge in [-0.05, 0) is 45.5 Å². The molecular weight excluding hydrogens is 445 g/mol. The number of hydrogen-bond acceptors (Lipinski definition) is 3. The molecule has 2 unspecified atom stereocenters. The summed E-state index contributed by atoms with van der Waals surface area (Å²) in [6, 6.07) is 7.14. The van der Waals surface area contributed by atoms with E-state index in [0.29, 0.717) is 33.7 Å². The first-order valence-electron chi connectivity index (χ1n) is 9.24. The number of nitrogens with one attached hydrogen (secondary N) is 2. The molecule has 2 aromatic rings. The average molecular weight is 469 g/mol. The highest BCUT2D eigenvalue weighted by Gasteiger charge is 2.42. The summed E-state index contributed by atoms with van der Waals surface area (Å²) in [5, 5.41) is 6.73. The first-order chi connectivity index (χ1) is 13.2. The van der Waals surface area contributed by atoms with Gasteiger partial charge in [0.2, 0.25) is 6.41 Å². The number of anilines is 1. The molecule has 1 aliphatic rings. The van der Waals surface area contributed by atoms with E-state index in [-0.39, 0.29) is 29.1 Å². The van der Waals surface area contributed by atoms with E-state index in [0.717, 1.165) is 12.1 Å². The molecule has 3 atom stereocenters. The fourth-order valence-electron chi connectivity index (χ4n) is 4.06. The second-order valence-corrected chi connectivity index (χ2v) is 9.69. The predicted octanol–water partition coefficient (Wildman–Crippen LogP) is 5.48. The number of aromatic nitrogens is 1. The highest BCUT2D eigenvalue weighted by Crippen LogP contribution is 2.46. The molecule has 0 bridgehead atoms. The van der Waals surface area contributed by atoms with Gasteiger partial charge in [0.1, 0.15) is 5.82 Å². The van der Waals surface area contributed by atoms with Gasteiger partial charge >= 0.3 is 0 Å². The minimum Gasteiger partial charge on any atom is -0.327 e. The van der Waals surface area contributed by atoms with E-state index in [2.05, 4.69) is 52.3 Å². The van der Waals surface area contributed by atoms with Gasteiger partial charge in [-0.25, -0.2) is 4.39 Å². The average Bonchev–Trinajstić information content (AvgIpc) is 2.99. The maximum atomic E-state index is 14.9. The van der Waals surface area contributed by atoms with Crippen LogP contribution in [0.25, 0.3) is 0 Å².